The summed E-state index contributed by atoms with van der Waals surface area (Å²) >= 11 is 0. The molecule has 7 nitrogen and oxygen atoms in total. The summed E-state index contributed by atoms with van der Waals surface area (Å²) in [4.78, 5) is 24.3. The van der Waals surface area contributed by atoms with E-state index in [1.54, 1.807) is 13.0 Å². The Kier molecular flexibility index (Phi) is 4.12. The lowest BCUT2D eigenvalue weighted by Gasteiger charge is -2.23. The van der Waals surface area contributed by atoms with Crippen LogP contribution in [0.1, 0.15) is 50.7 Å². The highest BCUT2D eigenvalue weighted by atomic mass is 16.5. The monoisotopic (exact) mass is 389 g/mol. The molecule has 1 saturated heterocycles. The van der Waals surface area contributed by atoms with Gasteiger partial charge in [0.1, 0.15) is 5.76 Å². The molecule has 1 aliphatic heterocycles. The van der Waals surface area contributed by atoms with E-state index in [1.165, 1.54) is 11.1 Å². The number of rotatable bonds is 3. The number of carbonyl (C=O) groups is 1. The molecule has 0 saturated carbocycles. The van der Waals surface area contributed by atoms with Gasteiger partial charge in [0, 0.05) is 42.4 Å². The smallest absolute Gasteiger partial charge is 0.273 e. The van der Waals surface area contributed by atoms with E-state index in [1.807, 2.05) is 26.0 Å². The van der Waals surface area contributed by atoms with Crippen molar-refractivity contribution in [2.24, 2.45) is 5.92 Å². The lowest BCUT2D eigenvalue weighted by atomic mass is 9.94. The van der Waals surface area contributed by atoms with Gasteiger partial charge in [-0.3, -0.25) is 4.79 Å². The third-order valence-corrected chi connectivity index (χ3v) is 5.92. The van der Waals surface area contributed by atoms with Crippen molar-refractivity contribution in [3.05, 3.63) is 70.4 Å². The molecule has 1 aromatic carbocycles. The topological polar surface area (TPSA) is 84.2 Å². The Labute approximate surface area is 169 Å². The van der Waals surface area contributed by atoms with Gasteiger partial charge < -0.3 is 14.7 Å². The first-order valence-corrected chi connectivity index (χ1v) is 9.90. The van der Waals surface area contributed by atoms with Crippen LogP contribution < -0.4 is 10.2 Å². The third-order valence-electron chi connectivity index (χ3n) is 5.92. The summed E-state index contributed by atoms with van der Waals surface area (Å²) in [5, 5.41) is 7.07. The lowest BCUT2D eigenvalue weighted by Crippen LogP contribution is -2.34. The van der Waals surface area contributed by atoms with Crippen LogP contribution >= 0.6 is 0 Å². The minimum absolute atomic E-state index is 0.0726. The van der Waals surface area contributed by atoms with E-state index in [0.717, 1.165) is 30.4 Å². The molecular formula is C22H23N5O2. The quantitative estimate of drug-likeness (QED) is 0.741. The summed E-state index contributed by atoms with van der Waals surface area (Å²) in [6, 6.07) is 12.0. The summed E-state index contributed by atoms with van der Waals surface area (Å²) < 4.78 is 5.07. The van der Waals surface area contributed by atoms with Crippen LogP contribution in [-0.4, -0.2) is 34.1 Å². The number of aryl methyl sites for hydroxylation is 3. The molecule has 0 radical (unpaired) electrons. The predicted octanol–water partition coefficient (Wildman–Crippen LogP) is 3.09. The Morgan fingerprint density at radius 3 is 2.48 bits per heavy atom. The number of hydrogen-bond acceptors (Lipinski definition) is 6. The molecule has 2 aliphatic rings. The summed E-state index contributed by atoms with van der Waals surface area (Å²) in [6.45, 7) is 7.41. The standard InChI is InChI=1S/C22H23N5O2/c1-12-8-13(2)24-22(23-12)27-10-17-15-6-4-5-7-16(15)20(18(17)11-27)25-21(28)19-9-14(3)29-26-19/h4-9,17-18,20H,10-11H2,1-3H3,(H,25,28)/t17-,18-,20+/m0/s1. The SMILES string of the molecule is Cc1cc(C)nc(N2C[C@@H]3[C@H](NC(=O)c4cc(C)on4)c4ccccc4[C@@H]3C2)n1. The maximum absolute atomic E-state index is 12.8. The number of carbonyl (C=O) groups excluding carboxylic acids is 1. The number of amides is 1. The molecule has 1 fully saturated rings. The van der Waals surface area contributed by atoms with Crippen LogP contribution in [0, 0.1) is 26.7 Å². The average molecular weight is 389 g/mol. The molecule has 1 aliphatic carbocycles. The molecule has 5 rings (SSSR count). The van der Waals surface area contributed by atoms with Crippen molar-refractivity contribution >= 4 is 11.9 Å². The van der Waals surface area contributed by atoms with Crippen molar-refractivity contribution in [1.82, 2.24) is 20.4 Å². The molecule has 29 heavy (non-hydrogen) atoms. The Balaban J connectivity index is 1.45. The van der Waals surface area contributed by atoms with Crippen molar-refractivity contribution in [3.8, 4) is 0 Å². The molecule has 148 valence electrons. The molecule has 0 spiro atoms. The van der Waals surface area contributed by atoms with Crippen LogP contribution in [0.4, 0.5) is 5.95 Å². The van der Waals surface area contributed by atoms with Gasteiger partial charge in [0.05, 0.1) is 6.04 Å². The Bertz CT molecular complexity index is 1070. The number of aromatic nitrogens is 3. The molecule has 3 atom stereocenters. The first-order chi connectivity index (χ1) is 14.0. The molecule has 1 N–H and O–H groups in total. The highest BCUT2D eigenvalue weighted by Gasteiger charge is 2.47. The molecular weight excluding hydrogens is 366 g/mol. The fraction of sp³-hybridized carbons (Fsp3) is 0.364. The van der Waals surface area contributed by atoms with Crippen LogP contribution in [0.5, 0.6) is 0 Å². The first kappa shape index (κ1) is 17.8. The van der Waals surface area contributed by atoms with Crippen molar-refractivity contribution in [1.29, 1.82) is 0 Å². The second kappa shape index (κ2) is 6.69. The van der Waals surface area contributed by atoms with Gasteiger partial charge in [0.25, 0.3) is 5.91 Å². The number of fused-ring (bicyclic) bond motifs is 3. The molecule has 3 aromatic rings. The van der Waals surface area contributed by atoms with Crippen molar-refractivity contribution < 1.29 is 9.32 Å². The van der Waals surface area contributed by atoms with Gasteiger partial charge in [-0.25, -0.2) is 9.97 Å². The fourth-order valence-electron chi connectivity index (χ4n) is 4.74. The summed E-state index contributed by atoms with van der Waals surface area (Å²) in [7, 11) is 0. The van der Waals surface area contributed by atoms with Crippen LogP contribution in [-0.2, 0) is 0 Å². The van der Waals surface area contributed by atoms with Crippen LogP contribution in [0.3, 0.4) is 0 Å². The van der Waals surface area contributed by atoms with Gasteiger partial charge >= 0.3 is 0 Å². The van der Waals surface area contributed by atoms with E-state index < -0.39 is 0 Å². The van der Waals surface area contributed by atoms with Crippen LogP contribution in [0.25, 0.3) is 0 Å². The third kappa shape index (κ3) is 3.06. The molecule has 1 amide bonds. The molecule has 3 heterocycles. The fourth-order valence-corrected chi connectivity index (χ4v) is 4.74. The lowest BCUT2D eigenvalue weighted by molar-refractivity contribution is 0.0917. The molecule has 0 bridgehead atoms. The number of hydrogen-bond donors (Lipinski definition) is 1. The molecule has 2 aromatic heterocycles. The maximum atomic E-state index is 12.8. The summed E-state index contributed by atoms with van der Waals surface area (Å²) in [6.07, 6.45) is 0. The zero-order chi connectivity index (χ0) is 20.1. The van der Waals surface area contributed by atoms with Gasteiger partial charge in [0.2, 0.25) is 5.95 Å². The second-order valence-corrected chi connectivity index (χ2v) is 8.03. The Morgan fingerprint density at radius 1 is 1.07 bits per heavy atom. The van der Waals surface area contributed by atoms with Gasteiger partial charge in [-0.05, 0) is 38.0 Å². The van der Waals surface area contributed by atoms with Crippen molar-refractivity contribution in [3.63, 3.8) is 0 Å². The highest BCUT2D eigenvalue weighted by Crippen LogP contribution is 2.49. The van der Waals surface area contributed by atoms with E-state index >= 15 is 0 Å². The predicted molar refractivity (Wildman–Crippen MR) is 108 cm³/mol. The number of anilines is 1. The Morgan fingerprint density at radius 2 is 1.79 bits per heavy atom. The van der Waals surface area contributed by atoms with E-state index in [4.69, 9.17) is 4.52 Å². The van der Waals surface area contributed by atoms with E-state index in [-0.39, 0.29) is 17.9 Å². The maximum Gasteiger partial charge on any atom is 0.273 e. The highest BCUT2D eigenvalue weighted by molar-refractivity contribution is 5.92. The Hall–Kier alpha value is -3.22. The van der Waals surface area contributed by atoms with Crippen molar-refractivity contribution in [2.75, 3.05) is 18.0 Å². The zero-order valence-corrected chi connectivity index (χ0v) is 16.7. The van der Waals surface area contributed by atoms with Gasteiger partial charge in [-0.2, -0.15) is 0 Å². The van der Waals surface area contributed by atoms with E-state index in [0.29, 0.717) is 17.4 Å². The van der Waals surface area contributed by atoms with E-state index in [2.05, 4.69) is 43.5 Å². The van der Waals surface area contributed by atoms with Crippen LogP contribution in [0.15, 0.2) is 40.9 Å². The number of benzene rings is 1. The zero-order valence-electron chi connectivity index (χ0n) is 16.7. The summed E-state index contributed by atoms with van der Waals surface area (Å²) in [5.74, 6) is 1.78. The van der Waals surface area contributed by atoms with Gasteiger partial charge in [-0.1, -0.05) is 29.4 Å². The number of nitrogens with zero attached hydrogens (tertiary/aromatic N) is 4. The minimum atomic E-state index is -0.205. The van der Waals surface area contributed by atoms with Gasteiger partial charge in [-0.15, -0.1) is 0 Å². The minimum Gasteiger partial charge on any atom is -0.361 e. The first-order valence-electron chi connectivity index (χ1n) is 9.90. The molecule has 0 unspecified atom stereocenters. The van der Waals surface area contributed by atoms with Gasteiger partial charge in [0.15, 0.2) is 5.69 Å². The average Bonchev–Trinajstić information content (AvgIpc) is 3.37. The largest absolute Gasteiger partial charge is 0.361 e. The van der Waals surface area contributed by atoms with Crippen LogP contribution in [0.2, 0.25) is 0 Å². The van der Waals surface area contributed by atoms with Crippen molar-refractivity contribution in [2.45, 2.75) is 32.7 Å². The number of nitrogens with one attached hydrogen (secondary N) is 1. The second-order valence-electron chi connectivity index (χ2n) is 8.03. The molecule has 7 heteroatoms. The summed E-state index contributed by atoms with van der Waals surface area (Å²) in [5.41, 5.74) is 4.74. The normalized spacial score (nSPS) is 22.4. The van der Waals surface area contributed by atoms with E-state index in [9.17, 15) is 4.79 Å².